The molecule has 104 valence electrons. The van der Waals surface area contributed by atoms with E-state index in [1.165, 1.54) is 6.07 Å². The van der Waals surface area contributed by atoms with Gasteiger partial charge in [0.2, 0.25) is 5.91 Å². The zero-order valence-electron chi connectivity index (χ0n) is 10.6. The van der Waals surface area contributed by atoms with Gasteiger partial charge in [0, 0.05) is 6.54 Å². The van der Waals surface area contributed by atoms with Crippen LogP contribution in [0.25, 0.3) is 0 Å². The first-order valence-corrected chi connectivity index (χ1v) is 6.78. The van der Waals surface area contributed by atoms with Crippen molar-refractivity contribution in [2.45, 2.75) is 6.54 Å². The number of carbonyl (C=O) groups is 2. The first-order valence-electron chi connectivity index (χ1n) is 5.99. The van der Waals surface area contributed by atoms with Gasteiger partial charge in [-0.05, 0) is 33.6 Å². The van der Waals surface area contributed by atoms with Gasteiger partial charge in [-0.2, -0.15) is 0 Å². The van der Waals surface area contributed by atoms with Crippen molar-refractivity contribution in [1.82, 2.24) is 10.6 Å². The van der Waals surface area contributed by atoms with Crippen LogP contribution in [0, 0.1) is 0 Å². The van der Waals surface area contributed by atoms with E-state index < -0.39 is 5.91 Å². The molecule has 1 aromatic heterocycles. The first kappa shape index (κ1) is 14.3. The molecule has 0 radical (unpaired) electrons. The lowest BCUT2D eigenvalue weighted by Gasteiger charge is -2.06. The summed E-state index contributed by atoms with van der Waals surface area (Å²) < 4.78 is 5.55. The van der Waals surface area contributed by atoms with Gasteiger partial charge < -0.3 is 15.1 Å². The minimum atomic E-state index is -0.425. The van der Waals surface area contributed by atoms with Gasteiger partial charge in [-0.15, -0.1) is 0 Å². The molecule has 0 fully saturated rings. The van der Waals surface area contributed by atoms with Crippen LogP contribution in [0.3, 0.4) is 0 Å². The lowest BCUT2D eigenvalue weighted by Crippen LogP contribution is -2.36. The normalized spacial score (nSPS) is 10.1. The van der Waals surface area contributed by atoms with E-state index in [1.807, 2.05) is 30.3 Å². The lowest BCUT2D eigenvalue weighted by atomic mass is 10.2. The molecule has 2 rings (SSSR count). The Balaban J connectivity index is 1.74. The van der Waals surface area contributed by atoms with Crippen molar-refractivity contribution in [1.29, 1.82) is 0 Å². The van der Waals surface area contributed by atoms with Crippen molar-refractivity contribution < 1.29 is 14.0 Å². The average Bonchev–Trinajstić information content (AvgIpc) is 2.90. The van der Waals surface area contributed by atoms with E-state index in [1.54, 1.807) is 6.07 Å². The molecule has 0 bridgehead atoms. The van der Waals surface area contributed by atoms with Crippen LogP contribution in [0.2, 0.25) is 0 Å². The molecule has 2 N–H and O–H groups in total. The Labute approximate surface area is 124 Å². The molecule has 6 heteroatoms. The fraction of sp³-hybridized carbons (Fsp3) is 0.143. The first-order chi connectivity index (χ1) is 9.65. The molecule has 0 aliphatic rings. The number of hydrogen-bond acceptors (Lipinski definition) is 3. The third-order valence-corrected chi connectivity index (χ3v) is 2.97. The average molecular weight is 337 g/mol. The van der Waals surface area contributed by atoms with E-state index in [0.29, 0.717) is 11.2 Å². The predicted octanol–water partition coefficient (Wildman–Crippen LogP) is 2.09. The number of carbonyl (C=O) groups excluding carboxylic acids is 2. The zero-order chi connectivity index (χ0) is 14.4. The quantitative estimate of drug-likeness (QED) is 0.878. The Morgan fingerprint density at radius 1 is 1.05 bits per heavy atom. The maximum Gasteiger partial charge on any atom is 0.287 e. The Morgan fingerprint density at radius 2 is 1.80 bits per heavy atom. The van der Waals surface area contributed by atoms with Crippen LogP contribution < -0.4 is 10.6 Å². The number of halogens is 1. The number of nitrogens with one attached hydrogen (secondary N) is 2. The fourth-order valence-electron chi connectivity index (χ4n) is 1.54. The second kappa shape index (κ2) is 6.91. The van der Waals surface area contributed by atoms with Crippen LogP contribution in [0.1, 0.15) is 16.1 Å². The van der Waals surface area contributed by atoms with Gasteiger partial charge in [-0.25, -0.2) is 0 Å². The van der Waals surface area contributed by atoms with Gasteiger partial charge in [0.05, 0.1) is 6.54 Å². The molecule has 20 heavy (non-hydrogen) atoms. The number of furan rings is 1. The summed E-state index contributed by atoms with van der Waals surface area (Å²) in [6, 6.07) is 12.7. The highest BCUT2D eigenvalue weighted by Gasteiger charge is 2.11. The predicted molar refractivity (Wildman–Crippen MR) is 77.0 cm³/mol. The summed E-state index contributed by atoms with van der Waals surface area (Å²) in [4.78, 5) is 23.2. The number of amides is 2. The topological polar surface area (TPSA) is 71.3 Å². The van der Waals surface area contributed by atoms with E-state index in [0.717, 1.165) is 5.56 Å². The van der Waals surface area contributed by atoms with Gasteiger partial charge in [-0.3, -0.25) is 9.59 Å². The summed E-state index contributed by atoms with van der Waals surface area (Å²) in [6.07, 6.45) is 0. The Kier molecular flexibility index (Phi) is 4.95. The molecular formula is C14H13BrN2O3. The van der Waals surface area contributed by atoms with Crippen molar-refractivity contribution in [3.63, 3.8) is 0 Å². The highest BCUT2D eigenvalue weighted by molar-refractivity contribution is 9.10. The van der Waals surface area contributed by atoms with Crippen LogP contribution in [0.15, 0.2) is 51.6 Å². The van der Waals surface area contributed by atoms with Gasteiger partial charge in [-0.1, -0.05) is 30.3 Å². The highest BCUT2D eigenvalue weighted by Crippen LogP contribution is 2.13. The van der Waals surface area contributed by atoms with Crippen LogP contribution >= 0.6 is 15.9 Å². The van der Waals surface area contributed by atoms with Crippen LogP contribution in [0.4, 0.5) is 0 Å². The van der Waals surface area contributed by atoms with Crippen molar-refractivity contribution in [2.24, 2.45) is 0 Å². The number of rotatable bonds is 5. The zero-order valence-corrected chi connectivity index (χ0v) is 12.1. The molecule has 0 saturated heterocycles. The molecule has 0 saturated carbocycles. The lowest BCUT2D eigenvalue weighted by molar-refractivity contribution is -0.120. The van der Waals surface area contributed by atoms with E-state index in [2.05, 4.69) is 26.6 Å². The van der Waals surface area contributed by atoms with Gasteiger partial charge >= 0.3 is 0 Å². The Morgan fingerprint density at radius 3 is 2.45 bits per heavy atom. The van der Waals surface area contributed by atoms with Crippen molar-refractivity contribution >= 4 is 27.7 Å². The fourth-order valence-corrected chi connectivity index (χ4v) is 1.85. The summed E-state index contributed by atoms with van der Waals surface area (Å²) in [5, 5.41) is 5.20. The number of hydrogen-bond donors (Lipinski definition) is 2. The summed E-state index contributed by atoms with van der Waals surface area (Å²) in [6.45, 7) is 0.339. The van der Waals surface area contributed by atoms with Crippen molar-refractivity contribution in [3.05, 3.63) is 58.5 Å². The second-order valence-corrected chi connectivity index (χ2v) is 4.83. The largest absolute Gasteiger partial charge is 0.444 e. The molecule has 5 nitrogen and oxygen atoms in total. The molecule has 0 spiro atoms. The molecule has 0 atom stereocenters. The SMILES string of the molecule is O=C(CNC(=O)c1ccc(Br)o1)NCc1ccccc1. The van der Waals surface area contributed by atoms with E-state index in [4.69, 9.17) is 4.42 Å². The highest BCUT2D eigenvalue weighted by atomic mass is 79.9. The van der Waals surface area contributed by atoms with Crippen LogP contribution in [-0.2, 0) is 11.3 Å². The summed E-state index contributed by atoms with van der Waals surface area (Å²) in [5.74, 6) is -0.522. The Hall–Kier alpha value is -2.08. The van der Waals surface area contributed by atoms with Gasteiger partial charge in [0.15, 0.2) is 10.4 Å². The van der Waals surface area contributed by atoms with Gasteiger partial charge in [0.1, 0.15) is 0 Å². The molecular weight excluding hydrogens is 324 g/mol. The summed E-state index contributed by atoms with van der Waals surface area (Å²) >= 11 is 3.11. The van der Waals surface area contributed by atoms with Crippen molar-refractivity contribution in [3.8, 4) is 0 Å². The number of benzene rings is 1. The molecule has 2 aromatic rings. The second-order valence-electron chi connectivity index (χ2n) is 4.05. The van der Waals surface area contributed by atoms with Gasteiger partial charge in [0.25, 0.3) is 5.91 Å². The van der Waals surface area contributed by atoms with Crippen LogP contribution in [-0.4, -0.2) is 18.4 Å². The maximum atomic E-state index is 11.6. The molecule has 0 unspecified atom stereocenters. The molecule has 0 aliphatic heterocycles. The van der Waals surface area contributed by atoms with E-state index in [-0.39, 0.29) is 18.2 Å². The standard InChI is InChI=1S/C14H13BrN2O3/c15-12-7-6-11(20-12)14(19)17-9-13(18)16-8-10-4-2-1-3-5-10/h1-7H,8-9H2,(H,16,18)(H,17,19). The van der Waals surface area contributed by atoms with E-state index >= 15 is 0 Å². The molecule has 0 aliphatic carbocycles. The minimum absolute atomic E-state index is 0.0933. The monoisotopic (exact) mass is 336 g/mol. The Bertz CT molecular complexity index is 595. The minimum Gasteiger partial charge on any atom is -0.444 e. The third-order valence-electron chi connectivity index (χ3n) is 2.54. The van der Waals surface area contributed by atoms with Crippen LogP contribution in [0.5, 0.6) is 0 Å². The summed E-state index contributed by atoms with van der Waals surface area (Å²) in [7, 11) is 0. The smallest absolute Gasteiger partial charge is 0.287 e. The molecule has 2 amide bonds. The maximum absolute atomic E-state index is 11.6. The summed E-state index contributed by atoms with van der Waals surface area (Å²) in [5.41, 5.74) is 1.00. The third kappa shape index (κ3) is 4.24. The molecule has 1 heterocycles. The molecule has 1 aromatic carbocycles. The van der Waals surface area contributed by atoms with Crippen molar-refractivity contribution in [2.75, 3.05) is 6.54 Å². The van der Waals surface area contributed by atoms with E-state index in [9.17, 15) is 9.59 Å².